The van der Waals surface area contributed by atoms with Crippen LogP contribution >= 0.6 is 0 Å². The first-order valence-corrected chi connectivity index (χ1v) is 6.27. The molecule has 1 aromatic carbocycles. The van der Waals surface area contributed by atoms with Gasteiger partial charge >= 0.3 is 5.69 Å². The minimum Gasteiger partial charge on any atom is -0.450 e. The quantitative estimate of drug-likeness (QED) is 0.379. The Balaban J connectivity index is 2.37. The van der Waals surface area contributed by atoms with E-state index in [0.717, 1.165) is 5.56 Å². The molecule has 0 aliphatic carbocycles. The molecule has 0 spiro atoms. The number of ether oxygens (including phenoxy) is 1. The van der Waals surface area contributed by atoms with Crippen LogP contribution < -0.4 is 10.5 Å². The average Bonchev–Trinajstić information content (AvgIpc) is 2.47. The fourth-order valence-corrected chi connectivity index (χ4v) is 1.76. The predicted molar refractivity (Wildman–Crippen MR) is 77.8 cm³/mol. The molecule has 21 heavy (non-hydrogen) atoms. The van der Waals surface area contributed by atoms with E-state index in [-0.39, 0.29) is 23.0 Å². The predicted octanol–water partition coefficient (Wildman–Crippen LogP) is 2.63. The molecule has 2 rings (SSSR count). The van der Waals surface area contributed by atoms with Crippen molar-refractivity contribution in [3.8, 4) is 11.5 Å². The van der Waals surface area contributed by atoms with Crippen LogP contribution in [0.5, 0.6) is 11.5 Å². The summed E-state index contributed by atoms with van der Waals surface area (Å²) in [4.78, 5) is 14.5. The topological polar surface area (TPSA) is 115 Å². The minimum absolute atomic E-state index is 0.101. The summed E-state index contributed by atoms with van der Waals surface area (Å²) >= 11 is 0. The second-order valence-electron chi connectivity index (χ2n) is 4.31. The van der Waals surface area contributed by atoms with Crippen molar-refractivity contribution in [1.29, 1.82) is 5.41 Å². The van der Waals surface area contributed by atoms with Crippen LogP contribution in [0.1, 0.15) is 18.2 Å². The van der Waals surface area contributed by atoms with E-state index < -0.39 is 4.92 Å². The molecule has 0 fully saturated rings. The number of nitrogens with zero attached hydrogens (tertiary/aromatic N) is 2. The molecule has 0 radical (unpaired) electrons. The zero-order valence-electron chi connectivity index (χ0n) is 11.4. The number of aromatic nitrogens is 1. The van der Waals surface area contributed by atoms with Crippen LogP contribution in [0.25, 0.3) is 0 Å². The second kappa shape index (κ2) is 6.00. The molecule has 0 aliphatic rings. The summed E-state index contributed by atoms with van der Waals surface area (Å²) in [5.41, 5.74) is 6.35. The lowest BCUT2D eigenvalue weighted by atomic mass is 10.1. The number of hydrogen-bond donors (Lipinski definition) is 2. The number of rotatable bonds is 5. The Hall–Kier alpha value is -2.96. The number of nitrogen functional groups attached to an aromatic ring is 1. The number of nitrogens with two attached hydrogens (primary N) is 1. The van der Waals surface area contributed by atoms with Gasteiger partial charge in [0.25, 0.3) is 0 Å². The summed E-state index contributed by atoms with van der Waals surface area (Å²) in [6, 6.07) is 7.83. The molecule has 1 heterocycles. The normalized spacial score (nSPS) is 10.1. The maximum atomic E-state index is 11.1. The van der Waals surface area contributed by atoms with E-state index in [0.29, 0.717) is 12.2 Å². The van der Waals surface area contributed by atoms with Crippen molar-refractivity contribution in [2.24, 2.45) is 5.73 Å². The van der Waals surface area contributed by atoms with Crippen LogP contribution in [0, 0.1) is 15.5 Å². The highest BCUT2D eigenvalue weighted by Gasteiger charge is 2.16. The summed E-state index contributed by atoms with van der Waals surface area (Å²) < 4.78 is 5.53. The van der Waals surface area contributed by atoms with Crippen molar-refractivity contribution in [2.45, 2.75) is 13.3 Å². The van der Waals surface area contributed by atoms with Crippen LogP contribution in [-0.4, -0.2) is 15.7 Å². The third kappa shape index (κ3) is 3.33. The van der Waals surface area contributed by atoms with Gasteiger partial charge in [0.1, 0.15) is 17.3 Å². The van der Waals surface area contributed by atoms with E-state index in [1.54, 1.807) is 18.2 Å². The smallest absolute Gasteiger partial charge is 0.311 e. The minimum atomic E-state index is -0.485. The highest BCUT2D eigenvalue weighted by Crippen LogP contribution is 2.32. The van der Waals surface area contributed by atoms with Gasteiger partial charge in [-0.3, -0.25) is 20.5 Å². The monoisotopic (exact) mass is 286 g/mol. The zero-order chi connectivity index (χ0) is 15.4. The molecule has 0 atom stereocenters. The Bertz CT molecular complexity index is 700. The largest absolute Gasteiger partial charge is 0.450 e. The van der Waals surface area contributed by atoms with Crippen LogP contribution in [0.15, 0.2) is 36.5 Å². The van der Waals surface area contributed by atoms with Gasteiger partial charge in [-0.25, -0.2) is 0 Å². The maximum Gasteiger partial charge on any atom is 0.311 e. The molecular formula is C14H14N4O3. The highest BCUT2D eigenvalue weighted by molar-refractivity contribution is 5.93. The number of benzene rings is 1. The maximum absolute atomic E-state index is 11.1. The second-order valence-corrected chi connectivity index (χ2v) is 4.31. The van der Waals surface area contributed by atoms with Crippen molar-refractivity contribution in [2.75, 3.05) is 0 Å². The van der Waals surface area contributed by atoms with Gasteiger partial charge in [-0.15, -0.1) is 0 Å². The van der Waals surface area contributed by atoms with E-state index in [1.807, 2.05) is 6.92 Å². The van der Waals surface area contributed by atoms with Gasteiger partial charge in [0.05, 0.1) is 4.92 Å². The first-order chi connectivity index (χ1) is 10.0. The highest BCUT2D eigenvalue weighted by atomic mass is 16.6. The Morgan fingerprint density at radius 3 is 2.81 bits per heavy atom. The van der Waals surface area contributed by atoms with Crippen molar-refractivity contribution < 1.29 is 9.66 Å². The summed E-state index contributed by atoms with van der Waals surface area (Å²) in [5.74, 6) is 0.275. The first-order valence-electron chi connectivity index (χ1n) is 6.27. The Morgan fingerprint density at radius 2 is 2.19 bits per heavy atom. The Morgan fingerprint density at radius 1 is 1.43 bits per heavy atom. The number of nitrogens with one attached hydrogen (secondary N) is 1. The fourth-order valence-electron chi connectivity index (χ4n) is 1.76. The molecule has 0 amide bonds. The van der Waals surface area contributed by atoms with Crippen LogP contribution in [0.3, 0.4) is 0 Å². The number of pyridine rings is 1. The molecule has 108 valence electrons. The van der Waals surface area contributed by atoms with Crippen molar-refractivity contribution in [1.82, 2.24) is 4.98 Å². The van der Waals surface area contributed by atoms with Crippen molar-refractivity contribution >= 4 is 11.5 Å². The fraction of sp³-hybridized carbons (Fsp3) is 0.143. The molecular weight excluding hydrogens is 272 g/mol. The third-order valence-electron chi connectivity index (χ3n) is 2.86. The third-order valence-corrected chi connectivity index (χ3v) is 2.86. The van der Waals surface area contributed by atoms with Gasteiger partial charge in [-0.05, 0) is 24.1 Å². The molecule has 3 N–H and O–H groups in total. The van der Waals surface area contributed by atoms with Gasteiger partial charge in [0, 0.05) is 18.3 Å². The summed E-state index contributed by atoms with van der Waals surface area (Å²) in [7, 11) is 0. The summed E-state index contributed by atoms with van der Waals surface area (Å²) in [6.45, 7) is 1.92. The van der Waals surface area contributed by atoms with Crippen molar-refractivity contribution in [3.63, 3.8) is 0 Å². The summed E-state index contributed by atoms with van der Waals surface area (Å²) in [5, 5.41) is 18.4. The molecule has 0 aliphatic heterocycles. The molecule has 0 saturated heterocycles. The van der Waals surface area contributed by atoms with Gasteiger partial charge in [0.2, 0.25) is 5.75 Å². The molecule has 0 unspecified atom stereocenters. The van der Waals surface area contributed by atoms with Crippen LogP contribution in [0.4, 0.5) is 5.69 Å². The number of nitro groups is 1. The number of aryl methyl sites for hydroxylation is 1. The van der Waals surface area contributed by atoms with Crippen molar-refractivity contribution in [3.05, 3.63) is 57.9 Å². The summed E-state index contributed by atoms with van der Waals surface area (Å²) in [6.07, 6.45) is 2.13. The van der Waals surface area contributed by atoms with E-state index in [9.17, 15) is 10.1 Å². The lowest BCUT2D eigenvalue weighted by Crippen LogP contribution is -2.12. The van der Waals surface area contributed by atoms with Gasteiger partial charge in [-0.1, -0.05) is 13.0 Å². The van der Waals surface area contributed by atoms with Gasteiger partial charge in [-0.2, -0.15) is 0 Å². The van der Waals surface area contributed by atoms with Crippen LogP contribution in [0.2, 0.25) is 0 Å². The SMILES string of the molecule is CCc1ccc(Oc2ccnc(C(=N)N)c2)c([N+](=O)[O-])c1. The molecule has 7 heteroatoms. The zero-order valence-corrected chi connectivity index (χ0v) is 11.4. The van der Waals surface area contributed by atoms with E-state index in [1.165, 1.54) is 18.3 Å². The van der Waals surface area contributed by atoms with E-state index >= 15 is 0 Å². The molecule has 1 aromatic heterocycles. The van der Waals surface area contributed by atoms with Gasteiger partial charge in [0.15, 0.2) is 0 Å². The molecule has 2 aromatic rings. The number of nitro benzene ring substituents is 1. The lowest BCUT2D eigenvalue weighted by Gasteiger charge is -2.08. The van der Waals surface area contributed by atoms with Gasteiger partial charge < -0.3 is 10.5 Å². The molecule has 0 bridgehead atoms. The lowest BCUT2D eigenvalue weighted by molar-refractivity contribution is -0.385. The Kier molecular flexibility index (Phi) is 4.13. The number of amidine groups is 1. The van der Waals surface area contributed by atoms with E-state index in [4.69, 9.17) is 15.9 Å². The van der Waals surface area contributed by atoms with Crippen LogP contribution in [-0.2, 0) is 6.42 Å². The first kappa shape index (κ1) is 14.4. The molecule has 0 saturated carbocycles. The molecule has 7 nitrogen and oxygen atoms in total. The van der Waals surface area contributed by atoms with E-state index in [2.05, 4.69) is 4.98 Å². The Labute approximate surface area is 121 Å². The number of hydrogen-bond acceptors (Lipinski definition) is 5. The standard InChI is InChI=1S/C14H14N4O3/c1-2-9-3-4-13(12(7-9)18(19)20)21-10-5-6-17-11(8-10)14(15)16/h3-8H,2H2,1H3,(H3,15,16). The average molecular weight is 286 g/mol.